The minimum absolute atomic E-state index is 0.110. The van der Waals surface area contributed by atoms with E-state index in [4.69, 9.17) is 4.74 Å². The van der Waals surface area contributed by atoms with E-state index in [1.807, 2.05) is 47.4 Å². The van der Waals surface area contributed by atoms with E-state index in [2.05, 4.69) is 18.3 Å². The summed E-state index contributed by atoms with van der Waals surface area (Å²) in [5, 5.41) is 3.24. The highest BCUT2D eigenvalue weighted by Crippen LogP contribution is 2.26. The molecular weight excluding hydrogens is 336 g/mol. The first-order valence-electron chi connectivity index (χ1n) is 10.1. The summed E-state index contributed by atoms with van der Waals surface area (Å²) in [6.45, 7) is 4.06. The number of fused-ring (bicyclic) bond motifs is 1. The number of anilines is 2. The zero-order chi connectivity index (χ0) is 18.9. The highest BCUT2D eigenvalue weighted by atomic mass is 16.5. The maximum atomic E-state index is 12.7. The Bertz CT molecular complexity index is 727. The summed E-state index contributed by atoms with van der Waals surface area (Å²) >= 11 is 0. The summed E-state index contributed by atoms with van der Waals surface area (Å²) in [6, 6.07) is 16.1. The number of hydrogen-bond acceptors (Lipinski definition) is 3. The molecule has 0 aliphatic carbocycles. The lowest BCUT2D eigenvalue weighted by molar-refractivity contribution is -0.117. The lowest BCUT2D eigenvalue weighted by atomic mass is 10.0. The molecule has 0 bridgehead atoms. The van der Waals surface area contributed by atoms with Gasteiger partial charge in [0.25, 0.3) is 0 Å². The van der Waals surface area contributed by atoms with Crippen LogP contribution in [0.2, 0.25) is 0 Å². The molecule has 0 unspecified atom stereocenters. The van der Waals surface area contributed by atoms with Crippen molar-refractivity contribution in [3.8, 4) is 5.75 Å². The van der Waals surface area contributed by atoms with Gasteiger partial charge in [-0.15, -0.1) is 0 Å². The Morgan fingerprint density at radius 3 is 2.70 bits per heavy atom. The molecule has 0 atom stereocenters. The van der Waals surface area contributed by atoms with E-state index >= 15 is 0 Å². The summed E-state index contributed by atoms with van der Waals surface area (Å²) in [4.78, 5) is 14.6. The summed E-state index contributed by atoms with van der Waals surface area (Å²) < 4.78 is 5.76. The average molecular weight is 367 g/mol. The third-order valence-electron chi connectivity index (χ3n) is 4.98. The topological polar surface area (TPSA) is 41.6 Å². The van der Waals surface area contributed by atoms with Crippen molar-refractivity contribution in [3.63, 3.8) is 0 Å². The molecule has 3 rings (SSSR count). The number of carbonyl (C=O) groups is 1. The van der Waals surface area contributed by atoms with Gasteiger partial charge in [0.15, 0.2) is 0 Å². The van der Waals surface area contributed by atoms with Crippen LogP contribution in [0.4, 0.5) is 11.4 Å². The molecule has 144 valence electrons. The predicted molar refractivity (Wildman–Crippen MR) is 112 cm³/mol. The van der Waals surface area contributed by atoms with Crippen LogP contribution >= 0.6 is 0 Å². The molecule has 1 aliphatic heterocycles. The van der Waals surface area contributed by atoms with Gasteiger partial charge < -0.3 is 15.0 Å². The number of carbonyl (C=O) groups excluding carboxylic acids is 1. The molecule has 1 amide bonds. The van der Waals surface area contributed by atoms with Gasteiger partial charge in [-0.25, -0.2) is 0 Å². The van der Waals surface area contributed by atoms with Gasteiger partial charge in [-0.2, -0.15) is 0 Å². The molecular formula is C23H30N2O2. The largest absolute Gasteiger partial charge is 0.494 e. The molecule has 1 aliphatic rings. The zero-order valence-corrected chi connectivity index (χ0v) is 16.2. The van der Waals surface area contributed by atoms with E-state index in [9.17, 15) is 4.79 Å². The lowest BCUT2D eigenvalue weighted by Crippen LogP contribution is -2.39. The van der Waals surface area contributed by atoms with Crippen LogP contribution in [0.1, 0.15) is 44.6 Å². The Morgan fingerprint density at radius 1 is 1.07 bits per heavy atom. The first-order chi connectivity index (χ1) is 13.3. The minimum atomic E-state index is 0.110. The van der Waals surface area contributed by atoms with Gasteiger partial charge in [-0.1, -0.05) is 44.4 Å². The number of nitrogens with zero attached hydrogens (tertiary/aromatic N) is 1. The van der Waals surface area contributed by atoms with Crippen LogP contribution < -0.4 is 15.0 Å². The second-order valence-electron chi connectivity index (χ2n) is 7.06. The van der Waals surface area contributed by atoms with Crippen LogP contribution in [0.5, 0.6) is 5.75 Å². The van der Waals surface area contributed by atoms with Crippen LogP contribution in [-0.4, -0.2) is 25.6 Å². The molecule has 2 aromatic rings. The Balaban J connectivity index is 1.47. The van der Waals surface area contributed by atoms with Crippen LogP contribution in [-0.2, 0) is 11.2 Å². The smallest absolute Gasteiger partial charge is 0.246 e. The van der Waals surface area contributed by atoms with Crippen LogP contribution in [0.25, 0.3) is 0 Å². The Kier molecular flexibility index (Phi) is 7.14. The number of para-hydroxylation sites is 1. The molecule has 0 aromatic heterocycles. The number of ether oxygens (including phenoxy) is 1. The SMILES string of the molecule is CCCCCCOc1ccc(NCC(=O)N2CCCc3ccccc32)cc1. The van der Waals surface area contributed by atoms with Crippen molar-refractivity contribution in [2.45, 2.75) is 45.4 Å². The number of amides is 1. The standard InChI is InChI=1S/C23H30N2O2/c1-2-3-4-7-17-27-21-14-12-20(13-15-21)24-18-23(26)25-16-8-10-19-9-5-6-11-22(19)25/h5-6,9,11-15,24H,2-4,7-8,10,16-18H2,1H3. The summed E-state index contributed by atoms with van der Waals surface area (Å²) in [5.74, 6) is 0.992. The third-order valence-corrected chi connectivity index (χ3v) is 4.98. The fourth-order valence-electron chi connectivity index (χ4n) is 3.45. The Morgan fingerprint density at radius 2 is 1.89 bits per heavy atom. The molecule has 2 aromatic carbocycles. The molecule has 0 spiro atoms. The minimum Gasteiger partial charge on any atom is -0.494 e. The van der Waals surface area contributed by atoms with Gasteiger partial charge in [0, 0.05) is 17.9 Å². The summed E-state index contributed by atoms with van der Waals surface area (Å²) in [7, 11) is 0. The normalized spacial score (nSPS) is 13.1. The molecule has 1 heterocycles. The maximum absolute atomic E-state index is 12.7. The predicted octanol–water partition coefficient (Wildman–Crippen LogP) is 5.04. The van der Waals surface area contributed by atoms with Crippen LogP contribution in [0.15, 0.2) is 48.5 Å². The van der Waals surface area contributed by atoms with E-state index in [1.165, 1.54) is 24.8 Å². The molecule has 27 heavy (non-hydrogen) atoms. The fourth-order valence-corrected chi connectivity index (χ4v) is 3.45. The zero-order valence-electron chi connectivity index (χ0n) is 16.2. The van der Waals surface area contributed by atoms with E-state index in [-0.39, 0.29) is 5.91 Å². The maximum Gasteiger partial charge on any atom is 0.246 e. The van der Waals surface area contributed by atoms with E-state index in [0.29, 0.717) is 6.54 Å². The number of rotatable bonds is 9. The lowest BCUT2D eigenvalue weighted by Gasteiger charge is -2.29. The second kappa shape index (κ2) is 10.0. The van der Waals surface area contributed by atoms with Crippen molar-refractivity contribution >= 4 is 17.3 Å². The van der Waals surface area contributed by atoms with Crippen molar-refractivity contribution in [2.75, 3.05) is 29.9 Å². The Labute approximate surface area is 162 Å². The first-order valence-corrected chi connectivity index (χ1v) is 10.1. The van der Waals surface area contributed by atoms with Crippen LogP contribution in [0, 0.1) is 0 Å². The molecule has 0 radical (unpaired) electrons. The van der Waals surface area contributed by atoms with Gasteiger partial charge in [-0.3, -0.25) is 4.79 Å². The number of nitrogens with one attached hydrogen (secondary N) is 1. The highest BCUT2D eigenvalue weighted by molar-refractivity contribution is 5.97. The van der Waals surface area contributed by atoms with Crippen molar-refractivity contribution in [3.05, 3.63) is 54.1 Å². The monoisotopic (exact) mass is 366 g/mol. The van der Waals surface area contributed by atoms with Gasteiger partial charge in [0.2, 0.25) is 5.91 Å². The molecule has 4 heteroatoms. The van der Waals surface area contributed by atoms with Gasteiger partial charge in [0.05, 0.1) is 13.2 Å². The van der Waals surface area contributed by atoms with Gasteiger partial charge >= 0.3 is 0 Å². The average Bonchev–Trinajstić information content (AvgIpc) is 2.72. The van der Waals surface area contributed by atoms with Crippen molar-refractivity contribution < 1.29 is 9.53 Å². The molecule has 0 fully saturated rings. The first kappa shape index (κ1) is 19.3. The number of benzene rings is 2. The van der Waals surface area contributed by atoms with Crippen molar-refractivity contribution in [2.24, 2.45) is 0 Å². The fraction of sp³-hybridized carbons (Fsp3) is 0.435. The highest BCUT2D eigenvalue weighted by Gasteiger charge is 2.21. The third kappa shape index (κ3) is 5.49. The van der Waals surface area contributed by atoms with Crippen LogP contribution in [0.3, 0.4) is 0 Å². The summed E-state index contributed by atoms with van der Waals surface area (Å²) in [6.07, 6.45) is 6.89. The number of hydrogen-bond donors (Lipinski definition) is 1. The second-order valence-corrected chi connectivity index (χ2v) is 7.06. The number of unbranched alkanes of at least 4 members (excludes halogenated alkanes) is 3. The van der Waals surface area contributed by atoms with E-state index in [0.717, 1.165) is 49.5 Å². The molecule has 0 saturated heterocycles. The number of aryl methyl sites for hydroxylation is 1. The van der Waals surface area contributed by atoms with Gasteiger partial charge in [-0.05, 0) is 55.2 Å². The Hall–Kier alpha value is -2.49. The van der Waals surface area contributed by atoms with E-state index in [1.54, 1.807) is 0 Å². The van der Waals surface area contributed by atoms with Crippen molar-refractivity contribution in [1.82, 2.24) is 0 Å². The quantitative estimate of drug-likeness (QED) is 0.632. The summed E-state index contributed by atoms with van der Waals surface area (Å²) in [5.41, 5.74) is 3.26. The van der Waals surface area contributed by atoms with Crippen molar-refractivity contribution in [1.29, 1.82) is 0 Å². The van der Waals surface area contributed by atoms with E-state index < -0.39 is 0 Å². The van der Waals surface area contributed by atoms with Gasteiger partial charge in [0.1, 0.15) is 5.75 Å². The molecule has 0 saturated carbocycles. The molecule has 4 nitrogen and oxygen atoms in total. The molecule has 1 N–H and O–H groups in total.